The van der Waals surface area contributed by atoms with Gasteiger partial charge in [0.1, 0.15) is 5.75 Å². The minimum atomic E-state index is -0.399. The number of ether oxygens (including phenoxy) is 1. The lowest BCUT2D eigenvalue weighted by Gasteiger charge is -2.22. The third kappa shape index (κ3) is 2.66. The Morgan fingerprint density at radius 1 is 1.33 bits per heavy atom. The Kier molecular flexibility index (Phi) is 3.55. The van der Waals surface area contributed by atoms with Crippen LogP contribution in [0.3, 0.4) is 0 Å². The van der Waals surface area contributed by atoms with Crippen LogP contribution in [0.1, 0.15) is 48.9 Å². The molecule has 0 radical (unpaired) electrons. The molecule has 0 aliphatic heterocycles. The number of amides is 1. The van der Waals surface area contributed by atoms with Gasteiger partial charge in [0.15, 0.2) is 5.82 Å². The van der Waals surface area contributed by atoms with Crippen molar-refractivity contribution in [1.29, 1.82) is 0 Å². The van der Waals surface area contributed by atoms with Gasteiger partial charge in [0.05, 0.1) is 19.1 Å². The number of hydrogen-bond acceptors (Lipinski definition) is 5. The van der Waals surface area contributed by atoms with Gasteiger partial charge in [-0.05, 0) is 43.4 Å². The van der Waals surface area contributed by atoms with E-state index in [9.17, 15) is 4.79 Å². The van der Waals surface area contributed by atoms with E-state index >= 15 is 0 Å². The molecule has 0 N–H and O–H groups in total. The first-order valence-electron chi connectivity index (χ1n) is 8.35. The lowest BCUT2D eigenvalue weighted by molar-refractivity contribution is -0.133. The number of carbonyl (C=O) groups excluding carboxylic acids is 1. The van der Waals surface area contributed by atoms with Crippen molar-refractivity contribution in [2.24, 2.45) is 0 Å². The van der Waals surface area contributed by atoms with Gasteiger partial charge in [0, 0.05) is 13.0 Å². The first-order valence-corrected chi connectivity index (χ1v) is 8.35. The molecule has 0 atom stereocenters. The monoisotopic (exact) mass is 327 g/mol. The second kappa shape index (κ2) is 5.61. The molecule has 126 valence electrons. The third-order valence-electron chi connectivity index (χ3n) is 4.94. The molecule has 2 aromatic rings. The predicted octanol–water partition coefficient (Wildman–Crippen LogP) is 2.65. The van der Waals surface area contributed by atoms with Crippen molar-refractivity contribution in [3.05, 3.63) is 41.5 Å². The van der Waals surface area contributed by atoms with Gasteiger partial charge in [-0.15, -0.1) is 0 Å². The Hall–Kier alpha value is -2.37. The van der Waals surface area contributed by atoms with E-state index < -0.39 is 5.41 Å². The van der Waals surface area contributed by atoms with Gasteiger partial charge in [-0.25, -0.2) is 0 Å². The lowest BCUT2D eigenvalue weighted by atomic mass is 9.94. The molecule has 0 unspecified atom stereocenters. The Morgan fingerprint density at radius 3 is 2.62 bits per heavy atom. The first kappa shape index (κ1) is 15.2. The highest BCUT2D eigenvalue weighted by molar-refractivity contribution is 5.91. The van der Waals surface area contributed by atoms with E-state index in [0.29, 0.717) is 24.2 Å². The molecule has 6 heteroatoms. The van der Waals surface area contributed by atoms with Gasteiger partial charge >= 0.3 is 0 Å². The SMILES string of the molecule is COc1ccc(C2(C(=O)N(C)Cc3noc(C4CC4)n3)CC2)cc1. The summed E-state index contributed by atoms with van der Waals surface area (Å²) in [5.74, 6) is 2.64. The average Bonchev–Trinajstić information content (AvgIpc) is 3.53. The minimum Gasteiger partial charge on any atom is -0.497 e. The van der Waals surface area contributed by atoms with Gasteiger partial charge < -0.3 is 14.2 Å². The second-order valence-corrected chi connectivity index (χ2v) is 6.79. The van der Waals surface area contributed by atoms with Crippen LogP contribution in [0.4, 0.5) is 0 Å². The van der Waals surface area contributed by atoms with Crippen LogP contribution in [-0.4, -0.2) is 35.1 Å². The molecule has 2 aliphatic rings. The van der Waals surface area contributed by atoms with Gasteiger partial charge in [0.25, 0.3) is 0 Å². The zero-order valence-corrected chi connectivity index (χ0v) is 14.0. The number of carbonyl (C=O) groups is 1. The van der Waals surface area contributed by atoms with E-state index in [1.807, 2.05) is 24.3 Å². The molecule has 2 saturated carbocycles. The van der Waals surface area contributed by atoms with Gasteiger partial charge in [0.2, 0.25) is 11.8 Å². The van der Waals surface area contributed by atoms with Crippen LogP contribution in [0.15, 0.2) is 28.8 Å². The fourth-order valence-electron chi connectivity index (χ4n) is 3.14. The van der Waals surface area contributed by atoms with E-state index in [1.165, 1.54) is 0 Å². The van der Waals surface area contributed by atoms with E-state index in [4.69, 9.17) is 9.26 Å². The Labute approximate surface area is 140 Å². The van der Waals surface area contributed by atoms with E-state index in [0.717, 1.165) is 37.0 Å². The molecule has 1 heterocycles. The number of likely N-dealkylation sites (N-methyl/N-ethyl adjacent to an activating group) is 1. The molecule has 0 bridgehead atoms. The minimum absolute atomic E-state index is 0.116. The van der Waals surface area contributed by atoms with Crippen molar-refractivity contribution in [1.82, 2.24) is 15.0 Å². The topological polar surface area (TPSA) is 68.5 Å². The summed E-state index contributed by atoms with van der Waals surface area (Å²) in [4.78, 5) is 19.1. The van der Waals surface area contributed by atoms with Crippen LogP contribution in [0.25, 0.3) is 0 Å². The quantitative estimate of drug-likeness (QED) is 0.816. The molecular weight excluding hydrogens is 306 g/mol. The maximum atomic E-state index is 12.9. The van der Waals surface area contributed by atoms with Crippen LogP contribution in [0.2, 0.25) is 0 Å². The summed E-state index contributed by atoms with van der Waals surface area (Å²) >= 11 is 0. The van der Waals surface area contributed by atoms with Crippen LogP contribution in [-0.2, 0) is 16.8 Å². The van der Waals surface area contributed by atoms with Crippen molar-refractivity contribution in [3.8, 4) is 5.75 Å². The van der Waals surface area contributed by atoms with Crippen LogP contribution >= 0.6 is 0 Å². The van der Waals surface area contributed by atoms with Gasteiger partial charge in [-0.1, -0.05) is 17.3 Å². The Morgan fingerprint density at radius 2 is 2.04 bits per heavy atom. The van der Waals surface area contributed by atoms with Crippen molar-refractivity contribution >= 4 is 5.91 Å². The molecule has 6 nitrogen and oxygen atoms in total. The summed E-state index contributed by atoms with van der Waals surface area (Å²) < 4.78 is 10.5. The number of aromatic nitrogens is 2. The van der Waals surface area contributed by atoms with Crippen LogP contribution in [0, 0.1) is 0 Å². The summed E-state index contributed by atoms with van der Waals surface area (Å²) in [6.45, 7) is 0.382. The van der Waals surface area contributed by atoms with Gasteiger partial charge in [-0.3, -0.25) is 4.79 Å². The molecule has 1 aromatic heterocycles. The fourth-order valence-corrected chi connectivity index (χ4v) is 3.14. The average molecular weight is 327 g/mol. The molecule has 2 fully saturated rings. The zero-order valence-electron chi connectivity index (χ0n) is 14.0. The summed E-state index contributed by atoms with van der Waals surface area (Å²) in [5.41, 5.74) is 0.649. The van der Waals surface area contributed by atoms with Crippen LogP contribution in [0.5, 0.6) is 5.75 Å². The van der Waals surface area contributed by atoms with E-state index in [2.05, 4.69) is 10.1 Å². The highest BCUT2D eigenvalue weighted by Gasteiger charge is 2.52. The second-order valence-electron chi connectivity index (χ2n) is 6.79. The predicted molar refractivity (Wildman–Crippen MR) is 86.7 cm³/mol. The standard InChI is InChI=1S/C18H21N3O3/c1-21(11-15-19-16(24-20-15)12-3-4-12)17(22)18(9-10-18)13-5-7-14(23-2)8-6-13/h5-8,12H,3-4,9-11H2,1-2H3. The molecular formula is C18H21N3O3. The number of nitrogens with zero attached hydrogens (tertiary/aromatic N) is 3. The molecule has 1 aromatic carbocycles. The highest BCUT2D eigenvalue weighted by Crippen LogP contribution is 2.49. The van der Waals surface area contributed by atoms with Crippen molar-refractivity contribution < 1.29 is 14.1 Å². The molecule has 0 saturated heterocycles. The lowest BCUT2D eigenvalue weighted by Crippen LogP contribution is -2.36. The largest absolute Gasteiger partial charge is 0.497 e. The maximum Gasteiger partial charge on any atom is 0.233 e. The van der Waals surface area contributed by atoms with Crippen molar-refractivity contribution in [3.63, 3.8) is 0 Å². The van der Waals surface area contributed by atoms with Crippen LogP contribution < -0.4 is 4.74 Å². The Balaban J connectivity index is 1.46. The molecule has 24 heavy (non-hydrogen) atoms. The zero-order chi connectivity index (χ0) is 16.7. The fraction of sp³-hybridized carbons (Fsp3) is 0.500. The smallest absolute Gasteiger partial charge is 0.233 e. The Bertz CT molecular complexity index is 745. The van der Waals surface area contributed by atoms with Crippen molar-refractivity contribution in [2.75, 3.05) is 14.2 Å². The summed E-state index contributed by atoms with van der Waals surface area (Å²) in [6, 6.07) is 7.78. The van der Waals surface area contributed by atoms with Gasteiger partial charge in [-0.2, -0.15) is 4.98 Å². The number of hydrogen-bond donors (Lipinski definition) is 0. The molecule has 2 aliphatic carbocycles. The maximum absolute atomic E-state index is 12.9. The summed E-state index contributed by atoms with van der Waals surface area (Å²) in [7, 11) is 3.45. The third-order valence-corrected chi connectivity index (χ3v) is 4.94. The molecule has 4 rings (SSSR count). The van der Waals surface area contributed by atoms with E-state index in [1.54, 1.807) is 19.1 Å². The molecule has 1 amide bonds. The first-order chi connectivity index (χ1) is 11.6. The van der Waals surface area contributed by atoms with Crippen molar-refractivity contribution in [2.45, 2.75) is 43.6 Å². The summed E-state index contributed by atoms with van der Waals surface area (Å²) in [5, 5.41) is 4.00. The highest BCUT2D eigenvalue weighted by atomic mass is 16.5. The summed E-state index contributed by atoms with van der Waals surface area (Å²) in [6.07, 6.45) is 4.00. The molecule has 0 spiro atoms. The normalized spacial score (nSPS) is 18.2. The number of rotatable bonds is 6. The number of methoxy groups -OCH3 is 1. The van der Waals surface area contributed by atoms with E-state index in [-0.39, 0.29) is 5.91 Å². The number of benzene rings is 1.